The van der Waals surface area contributed by atoms with E-state index in [4.69, 9.17) is 11.6 Å². The minimum Gasteiger partial charge on any atom is -0.372 e. The minimum absolute atomic E-state index is 0.253. The second-order valence-electron chi connectivity index (χ2n) is 6.73. The van der Waals surface area contributed by atoms with Gasteiger partial charge in [-0.25, -0.2) is 0 Å². The van der Waals surface area contributed by atoms with E-state index < -0.39 is 0 Å². The van der Waals surface area contributed by atoms with Crippen LogP contribution in [0.1, 0.15) is 23.3 Å². The summed E-state index contributed by atoms with van der Waals surface area (Å²) in [5, 5.41) is 6.73. The van der Waals surface area contributed by atoms with Crippen LogP contribution >= 0.6 is 11.6 Å². The lowest BCUT2D eigenvalue weighted by Crippen LogP contribution is -2.17. The molecule has 0 atom stereocenters. The summed E-state index contributed by atoms with van der Waals surface area (Å²) in [6.07, 6.45) is 4.08. The van der Waals surface area contributed by atoms with Gasteiger partial charge in [-0.2, -0.15) is 0 Å². The SMILES string of the molecule is O=C(Nc1ccc(N2CCCC2)cc1)c1cc(Nc2ccccc2Cl)ccn1. The highest BCUT2D eigenvalue weighted by atomic mass is 35.5. The van der Waals surface area contributed by atoms with Gasteiger partial charge in [-0.15, -0.1) is 0 Å². The molecule has 0 spiro atoms. The van der Waals surface area contributed by atoms with Crippen LogP contribution in [-0.4, -0.2) is 24.0 Å². The van der Waals surface area contributed by atoms with Crippen LogP contribution in [0.5, 0.6) is 0 Å². The van der Waals surface area contributed by atoms with Crippen molar-refractivity contribution in [3.05, 3.63) is 77.6 Å². The highest BCUT2D eigenvalue weighted by Crippen LogP contribution is 2.25. The highest BCUT2D eigenvalue weighted by molar-refractivity contribution is 6.33. The van der Waals surface area contributed by atoms with Gasteiger partial charge in [-0.05, 0) is 61.4 Å². The number of amides is 1. The fourth-order valence-corrected chi connectivity index (χ4v) is 3.46. The monoisotopic (exact) mass is 392 g/mol. The third-order valence-electron chi connectivity index (χ3n) is 4.74. The lowest BCUT2D eigenvalue weighted by atomic mass is 10.2. The third kappa shape index (κ3) is 4.26. The molecule has 3 aromatic rings. The molecule has 1 saturated heterocycles. The van der Waals surface area contributed by atoms with Crippen molar-refractivity contribution in [2.24, 2.45) is 0 Å². The normalized spacial score (nSPS) is 13.4. The van der Waals surface area contributed by atoms with Gasteiger partial charge in [0.15, 0.2) is 0 Å². The molecule has 0 saturated carbocycles. The molecule has 1 aliphatic heterocycles. The number of para-hydroxylation sites is 1. The summed E-state index contributed by atoms with van der Waals surface area (Å²) in [7, 11) is 0. The number of nitrogens with zero attached hydrogens (tertiary/aromatic N) is 2. The number of hydrogen-bond acceptors (Lipinski definition) is 4. The van der Waals surface area contributed by atoms with Crippen molar-refractivity contribution < 1.29 is 4.79 Å². The van der Waals surface area contributed by atoms with Crippen LogP contribution in [-0.2, 0) is 0 Å². The second-order valence-corrected chi connectivity index (χ2v) is 7.14. The van der Waals surface area contributed by atoms with Gasteiger partial charge >= 0.3 is 0 Å². The summed E-state index contributed by atoms with van der Waals surface area (Å²) in [5.41, 5.74) is 3.80. The molecular weight excluding hydrogens is 372 g/mol. The largest absolute Gasteiger partial charge is 0.372 e. The molecule has 1 aliphatic rings. The molecule has 1 fully saturated rings. The van der Waals surface area contributed by atoms with E-state index in [1.807, 2.05) is 48.5 Å². The topological polar surface area (TPSA) is 57.3 Å². The van der Waals surface area contributed by atoms with Crippen molar-refractivity contribution in [3.8, 4) is 0 Å². The van der Waals surface area contributed by atoms with E-state index in [1.54, 1.807) is 18.3 Å². The molecule has 28 heavy (non-hydrogen) atoms. The first-order chi connectivity index (χ1) is 13.7. The van der Waals surface area contributed by atoms with E-state index in [9.17, 15) is 4.79 Å². The molecule has 6 heteroatoms. The number of rotatable bonds is 5. The summed E-state index contributed by atoms with van der Waals surface area (Å²) < 4.78 is 0. The Kier molecular flexibility index (Phi) is 5.44. The van der Waals surface area contributed by atoms with E-state index in [2.05, 4.69) is 20.5 Å². The molecule has 4 rings (SSSR count). The number of benzene rings is 2. The summed E-state index contributed by atoms with van der Waals surface area (Å²) in [5.74, 6) is -0.253. The zero-order valence-electron chi connectivity index (χ0n) is 15.4. The molecule has 0 unspecified atom stereocenters. The van der Waals surface area contributed by atoms with Crippen molar-refractivity contribution in [2.45, 2.75) is 12.8 Å². The van der Waals surface area contributed by atoms with Gasteiger partial charge in [-0.1, -0.05) is 23.7 Å². The Morgan fingerprint density at radius 3 is 2.46 bits per heavy atom. The Morgan fingerprint density at radius 1 is 0.964 bits per heavy atom. The zero-order chi connectivity index (χ0) is 19.3. The number of halogens is 1. The van der Waals surface area contributed by atoms with Crippen molar-refractivity contribution in [2.75, 3.05) is 28.6 Å². The van der Waals surface area contributed by atoms with Crippen molar-refractivity contribution >= 4 is 40.3 Å². The average Bonchev–Trinajstić information content (AvgIpc) is 3.25. The molecule has 1 aromatic heterocycles. The van der Waals surface area contributed by atoms with Crippen LogP contribution in [0.15, 0.2) is 66.9 Å². The van der Waals surface area contributed by atoms with E-state index >= 15 is 0 Å². The average molecular weight is 393 g/mol. The number of carbonyl (C=O) groups excluding carboxylic acids is 1. The first-order valence-corrected chi connectivity index (χ1v) is 9.71. The van der Waals surface area contributed by atoms with Crippen LogP contribution in [0.2, 0.25) is 5.02 Å². The molecule has 0 aliphatic carbocycles. The first-order valence-electron chi connectivity index (χ1n) is 9.33. The van der Waals surface area contributed by atoms with Crippen molar-refractivity contribution in [3.63, 3.8) is 0 Å². The molecule has 2 heterocycles. The summed E-state index contributed by atoms with van der Waals surface area (Å²) in [4.78, 5) is 19.1. The Balaban J connectivity index is 1.44. The maximum Gasteiger partial charge on any atom is 0.274 e. The Morgan fingerprint density at radius 2 is 1.71 bits per heavy atom. The number of nitrogens with one attached hydrogen (secondary N) is 2. The minimum atomic E-state index is -0.253. The van der Waals surface area contributed by atoms with Crippen LogP contribution < -0.4 is 15.5 Å². The van der Waals surface area contributed by atoms with E-state index in [-0.39, 0.29) is 5.91 Å². The van der Waals surface area contributed by atoms with Gasteiger partial charge in [0.1, 0.15) is 5.69 Å². The van der Waals surface area contributed by atoms with Gasteiger partial charge in [0.2, 0.25) is 0 Å². The van der Waals surface area contributed by atoms with Gasteiger partial charge < -0.3 is 15.5 Å². The summed E-state index contributed by atoms with van der Waals surface area (Å²) in [6, 6.07) is 18.9. The fraction of sp³-hybridized carbons (Fsp3) is 0.182. The van der Waals surface area contributed by atoms with Crippen LogP contribution in [0, 0.1) is 0 Å². The smallest absolute Gasteiger partial charge is 0.274 e. The molecule has 2 N–H and O–H groups in total. The molecular formula is C22H21ClN4O. The van der Waals surface area contributed by atoms with Crippen molar-refractivity contribution in [1.82, 2.24) is 4.98 Å². The van der Waals surface area contributed by atoms with Gasteiger partial charge in [0.05, 0.1) is 10.7 Å². The lowest BCUT2D eigenvalue weighted by Gasteiger charge is -2.17. The highest BCUT2D eigenvalue weighted by Gasteiger charge is 2.13. The third-order valence-corrected chi connectivity index (χ3v) is 5.07. The van der Waals surface area contributed by atoms with Crippen LogP contribution in [0.3, 0.4) is 0 Å². The fourth-order valence-electron chi connectivity index (χ4n) is 3.28. The second kappa shape index (κ2) is 8.31. The maximum atomic E-state index is 12.6. The molecule has 1 amide bonds. The molecule has 142 valence electrons. The Bertz CT molecular complexity index is 968. The lowest BCUT2D eigenvalue weighted by molar-refractivity contribution is 0.102. The number of carbonyl (C=O) groups is 1. The van der Waals surface area contributed by atoms with Crippen molar-refractivity contribution in [1.29, 1.82) is 0 Å². The van der Waals surface area contributed by atoms with Gasteiger partial charge in [0.25, 0.3) is 5.91 Å². The predicted molar refractivity (Wildman–Crippen MR) is 115 cm³/mol. The Hall–Kier alpha value is -3.05. The Labute approximate surface area is 169 Å². The first kappa shape index (κ1) is 18.3. The number of anilines is 4. The zero-order valence-corrected chi connectivity index (χ0v) is 16.1. The number of pyridine rings is 1. The molecule has 5 nitrogen and oxygen atoms in total. The standard InChI is InChI=1S/C22H21ClN4O/c23-19-5-1-2-6-20(19)25-17-11-12-24-21(15-17)22(28)26-16-7-9-18(10-8-16)27-13-3-4-14-27/h1-2,5-12,15H,3-4,13-14H2,(H,24,25)(H,26,28). The number of hydrogen-bond donors (Lipinski definition) is 2. The summed E-state index contributed by atoms with van der Waals surface area (Å²) in [6.45, 7) is 2.20. The van der Waals surface area contributed by atoms with E-state index in [0.717, 1.165) is 30.2 Å². The number of aromatic nitrogens is 1. The molecule has 0 radical (unpaired) electrons. The maximum absolute atomic E-state index is 12.6. The van der Waals surface area contributed by atoms with Gasteiger partial charge in [-0.3, -0.25) is 9.78 Å². The summed E-state index contributed by atoms with van der Waals surface area (Å²) >= 11 is 6.18. The molecule has 0 bridgehead atoms. The molecule has 2 aromatic carbocycles. The van der Waals surface area contributed by atoms with Crippen LogP contribution in [0.4, 0.5) is 22.7 Å². The van der Waals surface area contributed by atoms with E-state index in [0.29, 0.717) is 10.7 Å². The van der Waals surface area contributed by atoms with Gasteiger partial charge in [0, 0.05) is 36.3 Å². The predicted octanol–water partition coefficient (Wildman–Crippen LogP) is 5.33. The van der Waals surface area contributed by atoms with Crippen LogP contribution in [0.25, 0.3) is 0 Å². The quantitative estimate of drug-likeness (QED) is 0.616. The van der Waals surface area contributed by atoms with E-state index in [1.165, 1.54) is 18.5 Å².